The quantitative estimate of drug-likeness (QED) is 0.901. The molecule has 1 aromatic heterocycles. The Hall–Kier alpha value is -1.89. The molecule has 126 valence electrons. The van der Waals surface area contributed by atoms with Crippen LogP contribution in [0.4, 0.5) is 0 Å². The number of carboxylic acid groups (broad SMARTS) is 1. The Morgan fingerprint density at radius 1 is 1.25 bits per heavy atom. The Morgan fingerprint density at radius 3 is 2.71 bits per heavy atom. The fourth-order valence-electron chi connectivity index (χ4n) is 2.60. The molecule has 0 saturated carbocycles. The van der Waals surface area contributed by atoms with Gasteiger partial charge in [0.1, 0.15) is 0 Å². The van der Waals surface area contributed by atoms with Crippen molar-refractivity contribution in [1.82, 2.24) is 4.90 Å². The molecule has 7 heteroatoms. The van der Waals surface area contributed by atoms with Gasteiger partial charge in [-0.05, 0) is 29.8 Å². The maximum Gasteiger partial charge on any atom is 0.306 e. The lowest BCUT2D eigenvalue weighted by molar-refractivity contribution is -0.141. The molecule has 0 radical (unpaired) electrons. The van der Waals surface area contributed by atoms with Gasteiger partial charge in [0.25, 0.3) is 5.91 Å². The van der Waals surface area contributed by atoms with Gasteiger partial charge in [-0.15, -0.1) is 11.3 Å². The molecule has 1 unspecified atom stereocenters. The number of thiophene rings is 1. The van der Waals surface area contributed by atoms with Crippen LogP contribution in [0.3, 0.4) is 0 Å². The van der Waals surface area contributed by atoms with Crippen molar-refractivity contribution in [1.29, 1.82) is 0 Å². The zero-order valence-electron chi connectivity index (χ0n) is 12.8. The van der Waals surface area contributed by atoms with E-state index >= 15 is 0 Å². The van der Waals surface area contributed by atoms with E-state index in [1.165, 1.54) is 11.3 Å². The molecule has 2 heterocycles. The highest BCUT2D eigenvalue weighted by atomic mass is 35.5. The first-order valence-electron chi connectivity index (χ1n) is 7.51. The maximum atomic E-state index is 12.6. The highest BCUT2D eigenvalue weighted by Crippen LogP contribution is 2.30. The number of benzene rings is 1. The lowest BCUT2D eigenvalue weighted by Gasteiger charge is -2.32. The van der Waals surface area contributed by atoms with Crippen molar-refractivity contribution < 1.29 is 19.4 Å². The second-order valence-electron chi connectivity index (χ2n) is 5.51. The highest BCUT2D eigenvalue weighted by molar-refractivity contribution is 7.17. The van der Waals surface area contributed by atoms with Crippen LogP contribution in [0.1, 0.15) is 16.1 Å². The number of aliphatic carboxylic acids is 1. The maximum absolute atomic E-state index is 12.6. The molecule has 0 bridgehead atoms. The summed E-state index contributed by atoms with van der Waals surface area (Å²) < 4.78 is 5.41. The zero-order chi connectivity index (χ0) is 17.1. The van der Waals surface area contributed by atoms with Gasteiger partial charge in [0.05, 0.1) is 24.0 Å². The monoisotopic (exact) mass is 365 g/mol. The van der Waals surface area contributed by atoms with Crippen molar-refractivity contribution in [3.05, 3.63) is 46.3 Å². The Kier molecular flexibility index (Phi) is 5.18. The van der Waals surface area contributed by atoms with Gasteiger partial charge in [-0.3, -0.25) is 9.59 Å². The Labute approximate surface area is 148 Å². The first-order valence-corrected chi connectivity index (χ1v) is 8.71. The number of hydrogen-bond donors (Lipinski definition) is 1. The Morgan fingerprint density at radius 2 is 2.00 bits per heavy atom. The normalized spacial score (nSPS) is 17.7. The van der Waals surface area contributed by atoms with Gasteiger partial charge >= 0.3 is 5.97 Å². The molecule has 1 atom stereocenters. The minimum Gasteiger partial charge on any atom is -0.481 e. The minimum absolute atomic E-state index is 0.0843. The van der Waals surface area contributed by atoms with Crippen molar-refractivity contribution in [3.63, 3.8) is 0 Å². The van der Waals surface area contributed by atoms with Crippen molar-refractivity contribution in [3.8, 4) is 10.4 Å². The SMILES string of the molecule is O=C(O)CC1CN(C(=O)c2ccc(-c3ccc(Cl)cc3)s2)CCO1. The third kappa shape index (κ3) is 3.95. The number of rotatable bonds is 4. The zero-order valence-corrected chi connectivity index (χ0v) is 14.3. The molecule has 1 fully saturated rings. The Bertz CT molecular complexity index is 743. The topological polar surface area (TPSA) is 66.8 Å². The standard InChI is InChI=1S/C17H16ClNO4S/c18-12-3-1-11(2-4-12)14-5-6-15(24-14)17(22)19-7-8-23-13(10-19)9-16(20)21/h1-6,13H,7-10H2,(H,20,21). The summed E-state index contributed by atoms with van der Waals surface area (Å²) in [6, 6.07) is 11.2. The fourth-order valence-corrected chi connectivity index (χ4v) is 3.71. The van der Waals surface area contributed by atoms with Gasteiger partial charge in [-0.2, -0.15) is 0 Å². The minimum atomic E-state index is -0.921. The van der Waals surface area contributed by atoms with Crippen molar-refractivity contribution in [2.45, 2.75) is 12.5 Å². The summed E-state index contributed by atoms with van der Waals surface area (Å²) in [5.41, 5.74) is 1.01. The summed E-state index contributed by atoms with van der Waals surface area (Å²) in [4.78, 5) is 26.7. The van der Waals surface area contributed by atoms with Crippen LogP contribution in [0.15, 0.2) is 36.4 Å². The summed E-state index contributed by atoms with van der Waals surface area (Å²) in [5.74, 6) is -1.01. The molecule has 1 aliphatic heterocycles. The number of halogens is 1. The third-order valence-electron chi connectivity index (χ3n) is 3.77. The molecule has 1 N–H and O–H groups in total. The van der Waals surface area contributed by atoms with Crippen LogP contribution in [0.5, 0.6) is 0 Å². The van der Waals surface area contributed by atoms with Crippen molar-refractivity contribution >= 4 is 34.8 Å². The lowest BCUT2D eigenvalue weighted by atomic mass is 10.2. The van der Waals surface area contributed by atoms with Gasteiger partial charge in [0.2, 0.25) is 0 Å². The first-order chi connectivity index (χ1) is 11.5. The van der Waals surface area contributed by atoms with Crippen LogP contribution in [0.2, 0.25) is 5.02 Å². The van der Waals surface area contributed by atoms with Gasteiger partial charge in [-0.25, -0.2) is 0 Å². The summed E-state index contributed by atoms with van der Waals surface area (Å²) >= 11 is 7.31. The molecule has 2 aromatic rings. The first kappa shape index (κ1) is 17.0. The van der Waals surface area contributed by atoms with Gasteiger partial charge in [0, 0.05) is 23.0 Å². The molecule has 1 aliphatic rings. The second-order valence-corrected chi connectivity index (χ2v) is 7.03. The summed E-state index contributed by atoms with van der Waals surface area (Å²) in [6.07, 6.45) is -0.541. The van der Waals surface area contributed by atoms with Gasteiger partial charge in [0.15, 0.2) is 0 Å². The van der Waals surface area contributed by atoms with Crippen molar-refractivity contribution in [2.75, 3.05) is 19.7 Å². The number of carbonyl (C=O) groups is 2. The van der Waals surface area contributed by atoms with E-state index in [0.717, 1.165) is 10.4 Å². The number of morpholine rings is 1. The number of nitrogens with zero attached hydrogens (tertiary/aromatic N) is 1. The molecule has 1 amide bonds. The van der Waals surface area contributed by atoms with Crippen LogP contribution in [0.25, 0.3) is 10.4 Å². The van der Waals surface area contributed by atoms with Crippen LogP contribution < -0.4 is 0 Å². The molecule has 0 aliphatic carbocycles. The van der Waals surface area contributed by atoms with E-state index in [9.17, 15) is 9.59 Å². The van der Waals surface area contributed by atoms with Crippen LogP contribution in [-0.2, 0) is 9.53 Å². The molecule has 5 nitrogen and oxygen atoms in total. The van der Waals surface area contributed by atoms with E-state index in [4.69, 9.17) is 21.4 Å². The number of ether oxygens (including phenoxy) is 1. The molecular formula is C17H16ClNO4S. The second kappa shape index (κ2) is 7.34. The summed E-state index contributed by atoms with van der Waals surface area (Å²) in [5, 5.41) is 9.54. The number of carbonyl (C=O) groups excluding carboxylic acids is 1. The van der Waals surface area contributed by atoms with Gasteiger partial charge in [-0.1, -0.05) is 23.7 Å². The molecule has 24 heavy (non-hydrogen) atoms. The van der Waals surface area contributed by atoms with Gasteiger partial charge < -0.3 is 14.7 Å². The molecule has 1 aromatic carbocycles. The highest BCUT2D eigenvalue weighted by Gasteiger charge is 2.27. The van der Waals surface area contributed by atoms with E-state index in [1.54, 1.807) is 11.0 Å². The van der Waals surface area contributed by atoms with E-state index in [2.05, 4.69) is 0 Å². The molecular weight excluding hydrogens is 350 g/mol. The number of carboxylic acids is 1. The van der Waals surface area contributed by atoms with E-state index in [1.807, 2.05) is 30.3 Å². The number of hydrogen-bond acceptors (Lipinski definition) is 4. The van der Waals surface area contributed by atoms with Crippen LogP contribution in [0, 0.1) is 0 Å². The lowest BCUT2D eigenvalue weighted by Crippen LogP contribution is -2.46. The average molecular weight is 366 g/mol. The third-order valence-corrected chi connectivity index (χ3v) is 5.15. The van der Waals surface area contributed by atoms with E-state index in [0.29, 0.717) is 29.6 Å². The fraction of sp³-hybridized carbons (Fsp3) is 0.294. The predicted octanol–water partition coefficient (Wildman–Crippen LogP) is 3.38. The molecule has 3 rings (SSSR count). The van der Waals surface area contributed by atoms with Crippen LogP contribution >= 0.6 is 22.9 Å². The molecule has 1 saturated heterocycles. The summed E-state index contributed by atoms with van der Waals surface area (Å²) in [6.45, 7) is 1.14. The predicted molar refractivity (Wildman–Crippen MR) is 92.7 cm³/mol. The largest absolute Gasteiger partial charge is 0.481 e. The molecule has 0 spiro atoms. The number of amides is 1. The van der Waals surface area contributed by atoms with E-state index < -0.39 is 12.1 Å². The summed E-state index contributed by atoms with van der Waals surface area (Å²) in [7, 11) is 0. The van der Waals surface area contributed by atoms with Crippen molar-refractivity contribution in [2.24, 2.45) is 0 Å². The van der Waals surface area contributed by atoms with Crippen LogP contribution in [-0.4, -0.2) is 47.7 Å². The Balaban J connectivity index is 1.71. The average Bonchev–Trinajstić information content (AvgIpc) is 3.04. The smallest absolute Gasteiger partial charge is 0.306 e. The van der Waals surface area contributed by atoms with E-state index in [-0.39, 0.29) is 12.3 Å².